The summed E-state index contributed by atoms with van der Waals surface area (Å²) < 4.78 is 5.93. The molecule has 0 saturated carbocycles. The maximum Gasteiger partial charge on any atom is 0.190 e. The van der Waals surface area contributed by atoms with Gasteiger partial charge in [0.05, 0.1) is 6.10 Å². The number of aliphatic imine (C=N–C) groups is 1. The number of nitrogens with zero attached hydrogens (tertiary/aromatic N) is 2. The van der Waals surface area contributed by atoms with Crippen molar-refractivity contribution >= 4 is 29.9 Å². The molecule has 5 nitrogen and oxygen atoms in total. The van der Waals surface area contributed by atoms with E-state index in [2.05, 4.69) is 65.6 Å². The number of ether oxygens (including phenoxy) is 1. The minimum absolute atomic E-state index is 0. The van der Waals surface area contributed by atoms with Gasteiger partial charge < -0.3 is 20.3 Å². The van der Waals surface area contributed by atoms with Crippen molar-refractivity contribution in [1.29, 1.82) is 0 Å². The fraction of sp³-hybridized carbons (Fsp3) is 0.682. The summed E-state index contributed by atoms with van der Waals surface area (Å²) in [5.74, 6) is 1.60. The lowest BCUT2D eigenvalue weighted by molar-refractivity contribution is 0.0646. The summed E-state index contributed by atoms with van der Waals surface area (Å²) in [5.41, 5.74) is 1.23. The Hall–Kier alpha value is -0.860. The lowest BCUT2D eigenvalue weighted by Gasteiger charge is -2.35. The van der Waals surface area contributed by atoms with Gasteiger partial charge in [-0.25, -0.2) is 0 Å². The van der Waals surface area contributed by atoms with Crippen LogP contribution >= 0.6 is 24.0 Å². The van der Waals surface area contributed by atoms with Crippen LogP contribution in [-0.4, -0.2) is 56.7 Å². The van der Waals surface area contributed by atoms with E-state index in [1.807, 2.05) is 13.1 Å². The highest BCUT2D eigenvalue weighted by molar-refractivity contribution is 14.0. The van der Waals surface area contributed by atoms with Gasteiger partial charge in [-0.1, -0.05) is 30.3 Å². The monoisotopic (exact) mass is 502 g/mol. The van der Waals surface area contributed by atoms with Gasteiger partial charge in [-0.2, -0.15) is 0 Å². The number of piperidine rings is 1. The van der Waals surface area contributed by atoms with Crippen LogP contribution in [-0.2, 0) is 4.74 Å². The van der Waals surface area contributed by atoms with Crippen LogP contribution in [0.5, 0.6) is 0 Å². The number of nitrogens with one attached hydrogen (secondary N) is 2. The highest BCUT2D eigenvalue weighted by atomic mass is 127. The average molecular weight is 502 g/mol. The molecule has 0 bridgehead atoms. The van der Waals surface area contributed by atoms with E-state index in [9.17, 15) is 0 Å². The molecule has 28 heavy (non-hydrogen) atoms. The fourth-order valence-electron chi connectivity index (χ4n) is 3.55. The van der Waals surface area contributed by atoms with Gasteiger partial charge in [0.25, 0.3) is 0 Å². The number of likely N-dealkylation sites (tertiary alicyclic amines) is 1. The zero-order chi connectivity index (χ0) is 19.5. The van der Waals surface area contributed by atoms with Crippen LogP contribution in [0.2, 0.25) is 0 Å². The molecule has 1 saturated heterocycles. The molecule has 2 rings (SSSR count). The van der Waals surface area contributed by atoms with Crippen molar-refractivity contribution in [2.45, 2.75) is 52.2 Å². The van der Waals surface area contributed by atoms with E-state index in [-0.39, 0.29) is 30.1 Å². The van der Waals surface area contributed by atoms with Gasteiger partial charge in [0, 0.05) is 39.3 Å². The predicted molar refractivity (Wildman–Crippen MR) is 130 cm³/mol. The molecule has 0 aromatic heterocycles. The second kappa shape index (κ2) is 14.2. The molecule has 0 aliphatic carbocycles. The first-order valence-corrected chi connectivity index (χ1v) is 10.4. The quantitative estimate of drug-likeness (QED) is 0.232. The number of hydrogen-bond acceptors (Lipinski definition) is 3. The molecule has 2 N–H and O–H groups in total. The SMILES string of the molecule is CN=C(NCCCOC(C)c1ccccc1)NCC1CCCN(C(C)C)C1.I. The molecule has 0 spiro atoms. The molecular weight excluding hydrogens is 463 g/mol. The largest absolute Gasteiger partial charge is 0.374 e. The minimum atomic E-state index is 0. The third kappa shape index (κ3) is 9.09. The standard InChI is InChI=1S/C22H38N4O.HI/c1-18(2)26-14-8-10-20(17-26)16-25-22(23-4)24-13-9-15-27-19(3)21-11-6-5-7-12-21;/h5-7,11-12,18-20H,8-10,13-17H2,1-4H3,(H2,23,24,25);1H. The van der Waals surface area contributed by atoms with Crippen molar-refractivity contribution in [2.24, 2.45) is 10.9 Å². The van der Waals surface area contributed by atoms with E-state index in [1.54, 1.807) is 0 Å². The highest BCUT2D eigenvalue weighted by Gasteiger charge is 2.21. The molecule has 0 amide bonds. The first-order valence-electron chi connectivity index (χ1n) is 10.4. The first-order chi connectivity index (χ1) is 13.1. The zero-order valence-corrected chi connectivity index (χ0v) is 20.3. The molecule has 6 heteroatoms. The highest BCUT2D eigenvalue weighted by Crippen LogP contribution is 2.18. The molecule has 1 fully saturated rings. The summed E-state index contributed by atoms with van der Waals surface area (Å²) in [6.07, 6.45) is 3.70. The van der Waals surface area contributed by atoms with Gasteiger partial charge in [-0.15, -0.1) is 24.0 Å². The van der Waals surface area contributed by atoms with E-state index in [0.29, 0.717) is 12.0 Å². The number of halogens is 1. The third-order valence-electron chi connectivity index (χ3n) is 5.31. The maximum absolute atomic E-state index is 5.93. The number of benzene rings is 1. The van der Waals surface area contributed by atoms with Gasteiger partial charge in [-0.05, 0) is 58.1 Å². The van der Waals surface area contributed by atoms with Gasteiger partial charge in [0.2, 0.25) is 0 Å². The Morgan fingerprint density at radius 3 is 2.64 bits per heavy atom. The first kappa shape index (κ1) is 25.2. The lowest BCUT2D eigenvalue weighted by atomic mass is 9.97. The Morgan fingerprint density at radius 2 is 1.96 bits per heavy atom. The van der Waals surface area contributed by atoms with Crippen LogP contribution in [0, 0.1) is 5.92 Å². The average Bonchev–Trinajstić information content (AvgIpc) is 2.70. The van der Waals surface area contributed by atoms with E-state index >= 15 is 0 Å². The molecule has 1 aromatic rings. The van der Waals surface area contributed by atoms with E-state index in [4.69, 9.17) is 4.74 Å². The van der Waals surface area contributed by atoms with Gasteiger partial charge in [-0.3, -0.25) is 4.99 Å². The summed E-state index contributed by atoms with van der Waals surface area (Å²) in [7, 11) is 1.84. The Balaban J connectivity index is 0.00000392. The van der Waals surface area contributed by atoms with Crippen molar-refractivity contribution in [1.82, 2.24) is 15.5 Å². The van der Waals surface area contributed by atoms with Gasteiger partial charge >= 0.3 is 0 Å². The summed E-state index contributed by atoms with van der Waals surface area (Å²) in [6.45, 7) is 11.7. The molecule has 1 heterocycles. The molecule has 1 aliphatic heterocycles. The Labute approximate surface area is 188 Å². The smallest absolute Gasteiger partial charge is 0.190 e. The molecule has 2 atom stereocenters. The Morgan fingerprint density at radius 1 is 1.21 bits per heavy atom. The van der Waals surface area contributed by atoms with Gasteiger partial charge in [0.15, 0.2) is 5.96 Å². The molecule has 0 radical (unpaired) electrons. The molecule has 1 aliphatic rings. The van der Waals surface area contributed by atoms with Crippen LogP contribution in [0.25, 0.3) is 0 Å². The summed E-state index contributed by atoms with van der Waals surface area (Å²) in [4.78, 5) is 6.93. The Bertz CT molecular complexity index is 553. The molecule has 160 valence electrons. The topological polar surface area (TPSA) is 48.9 Å². The molecule has 1 aromatic carbocycles. The van der Waals surface area contributed by atoms with E-state index in [0.717, 1.165) is 32.1 Å². The van der Waals surface area contributed by atoms with Crippen LogP contribution in [0.15, 0.2) is 35.3 Å². The lowest BCUT2D eigenvalue weighted by Crippen LogP contribution is -2.46. The van der Waals surface area contributed by atoms with Crippen molar-refractivity contribution in [3.8, 4) is 0 Å². The van der Waals surface area contributed by atoms with Crippen molar-refractivity contribution in [2.75, 3.05) is 39.8 Å². The number of guanidine groups is 1. The van der Waals surface area contributed by atoms with Crippen LogP contribution < -0.4 is 10.6 Å². The number of rotatable bonds is 9. The van der Waals surface area contributed by atoms with Crippen molar-refractivity contribution < 1.29 is 4.74 Å². The predicted octanol–water partition coefficient (Wildman–Crippen LogP) is 4.06. The summed E-state index contributed by atoms with van der Waals surface area (Å²) in [6, 6.07) is 11.0. The maximum atomic E-state index is 5.93. The number of hydrogen-bond donors (Lipinski definition) is 2. The van der Waals surface area contributed by atoms with Crippen molar-refractivity contribution in [3.63, 3.8) is 0 Å². The van der Waals surface area contributed by atoms with E-state index in [1.165, 1.54) is 31.5 Å². The Kier molecular flexibility index (Phi) is 12.7. The van der Waals surface area contributed by atoms with Crippen LogP contribution in [0.3, 0.4) is 0 Å². The second-order valence-corrected chi connectivity index (χ2v) is 7.75. The molecule has 2 unspecified atom stereocenters. The molecular formula is C22H39IN4O. The fourth-order valence-corrected chi connectivity index (χ4v) is 3.55. The summed E-state index contributed by atoms with van der Waals surface area (Å²) >= 11 is 0. The van der Waals surface area contributed by atoms with E-state index < -0.39 is 0 Å². The third-order valence-corrected chi connectivity index (χ3v) is 5.31. The zero-order valence-electron chi connectivity index (χ0n) is 18.0. The minimum Gasteiger partial charge on any atom is -0.374 e. The van der Waals surface area contributed by atoms with Crippen LogP contribution in [0.1, 0.15) is 51.7 Å². The summed E-state index contributed by atoms with van der Waals surface area (Å²) in [5, 5.41) is 6.90. The second-order valence-electron chi connectivity index (χ2n) is 7.75. The normalized spacial score (nSPS) is 19.2. The van der Waals surface area contributed by atoms with Gasteiger partial charge in [0.1, 0.15) is 0 Å². The van der Waals surface area contributed by atoms with Crippen molar-refractivity contribution in [3.05, 3.63) is 35.9 Å². The van der Waals surface area contributed by atoms with Crippen LogP contribution in [0.4, 0.5) is 0 Å².